The van der Waals surface area contributed by atoms with Crippen LogP contribution in [0.2, 0.25) is 0 Å². The molecule has 0 radical (unpaired) electrons. The zero-order chi connectivity index (χ0) is 12.1. The molecule has 0 bridgehead atoms. The molecule has 0 aromatic heterocycles. The highest BCUT2D eigenvalue weighted by molar-refractivity contribution is 8.00. The molecule has 2 rings (SSSR count). The molecular formula is C13H22ClNOS. The van der Waals surface area contributed by atoms with Gasteiger partial charge in [0.15, 0.2) is 0 Å². The van der Waals surface area contributed by atoms with Gasteiger partial charge >= 0.3 is 0 Å². The van der Waals surface area contributed by atoms with E-state index in [1.165, 1.54) is 32.1 Å². The summed E-state index contributed by atoms with van der Waals surface area (Å²) in [5.41, 5.74) is 0. The molecule has 1 saturated carbocycles. The lowest BCUT2D eigenvalue weighted by Crippen LogP contribution is -2.46. The van der Waals surface area contributed by atoms with Crippen LogP contribution in [-0.2, 0) is 4.79 Å². The summed E-state index contributed by atoms with van der Waals surface area (Å²) < 4.78 is 0. The van der Waals surface area contributed by atoms with Crippen molar-refractivity contribution < 1.29 is 4.79 Å². The van der Waals surface area contributed by atoms with E-state index in [4.69, 9.17) is 11.6 Å². The normalized spacial score (nSPS) is 34.3. The molecule has 2 aliphatic rings. The van der Waals surface area contributed by atoms with Crippen LogP contribution in [0.5, 0.6) is 0 Å². The van der Waals surface area contributed by atoms with Crippen molar-refractivity contribution in [2.24, 2.45) is 5.92 Å². The predicted octanol–water partition coefficient (Wildman–Crippen LogP) is 3.19. The third kappa shape index (κ3) is 3.78. The first-order chi connectivity index (χ1) is 8.31. The molecule has 17 heavy (non-hydrogen) atoms. The second-order valence-electron chi connectivity index (χ2n) is 5.17. The Balaban J connectivity index is 1.83. The fraction of sp³-hybridized carbons (Fsp3) is 0.923. The van der Waals surface area contributed by atoms with Gasteiger partial charge in [0.25, 0.3) is 0 Å². The van der Waals surface area contributed by atoms with Crippen molar-refractivity contribution in [1.82, 2.24) is 5.32 Å². The lowest BCUT2D eigenvalue weighted by Gasteiger charge is -2.32. The number of rotatable bonds is 3. The minimum absolute atomic E-state index is 0.196. The number of halogens is 1. The van der Waals surface area contributed by atoms with E-state index >= 15 is 0 Å². The summed E-state index contributed by atoms with van der Waals surface area (Å²) in [4.78, 5) is 12.2. The monoisotopic (exact) mass is 275 g/mol. The number of thioether (sulfide) groups is 1. The minimum Gasteiger partial charge on any atom is -0.352 e. The van der Waals surface area contributed by atoms with Crippen LogP contribution in [0.15, 0.2) is 0 Å². The molecule has 3 atom stereocenters. The molecule has 1 heterocycles. The van der Waals surface area contributed by atoms with Gasteiger partial charge in [-0.2, -0.15) is 0 Å². The Morgan fingerprint density at radius 1 is 1.18 bits per heavy atom. The van der Waals surface area contributed by atoms with Crippen molar-refractivity contribution in [1.29, 1.82) is 0 Å². The van der Waals surface area contributed by atoms with Gasteiger partial charge in [0.2, 0.25) is 5.91 Å². The molecular weight excluding hydrogens is 254 g/mol. The molecule has 1 aliphatic heterocycles. The SMILES string of the molecule is O=C(NC1CCCCC1CCl)C1CCCCS1. The van der Waals surface area contributed by atoms with Crippen LogP contribution >= 0.6 is 23.4 Å². The zero-order valence-electron chi connectivity index (χ0n) is 10.3. The average Bonchev–Trinajstić information content (AvgIpc) is 2.40. The Labute approximate surface area is 113 Å². The molecule has 4 heteroatoms. The first kappa shape index (κ1) is 13.5. The van der Waals surface area contributed by atoms with Crippen molar-refractivity contribution in [3.63, 3.8) is 0 Å². The highest BCUT2D eigenvalue weighted by Crippen LogP contribution is 2.28. The quantitative estimate of drug-likeness (QED) is 0.802. The second kappa shape index (κ2) is 6.89. The Hall–Kier alpha value is 0.110. The number of carbonyl (C=O) groups is 1. The molecule has 1 N–H and O–H groups in total. The van der Waals surface area contributed by atoms with E-state index in [9.17, 15) is 4.79 Å². The van der Waals surface area contributed by atoms with Gasteiger partial charge in [-0.1, -0.05) is 19.3 Å². The number of amides is 1. The van der Waals surface area contributed by atoms with Crippen molar-refractivity contribution in [3.05, 3.63) is 0 Å². The van der Waals surface area contributed by atoms with E-state index in [-0.39, 0.29) is 11.2 Å². The maximum atomic E-state index is 12.2. The van der Waals surface area contributed by atoms with Crippen LogP contribution < -0.4 is 5.32 Å². The number of hydrogen-bond acceptors (Lipinski definition) is 2. The van der Waals surface area contributed by atoms with E-state index in [1.807, 2.05) is 11.8 Å². The molecule has 3 unspecified atom stereocenters. The van der Waals surface area contributed by atoms with Crippen LogP contribution in [0.25, 0.3) is 0 Å². The van der Waals surface area contributed by atoms with Crippen LogP contribution in [0.4, 0.5) is 0 Å². The summed E-state index contributed by atoms with van der Waals surface area (Å²) in [7, 11) is 0. The standard InChI is InChI=1S/C13H22ClNOS/c14-9-10-5-1-2-6-11(10)15-13(16)12-7-3-4-8-17-12/h10-12H,1-9H2,(H,15,16). The Kier molecular flexibility index (Phi) is 5.49. The Morgan fingerprint density at radius 3 is 2.65 bits per heavy atom. The van der Waals surface area contributed by atoms with Crippen molar-refractivity contribution in [2.45, 2.75) is 56.2 Å². The highest BCUT2D eigenvalue weighted by atomic mass is 35.5. The van der Waals surface area contributed by atoms with Gasteiger partial charge in [-0.25, -0.2) is 0 Å². The topological polar surface area (TPSA) is 29.1 Å². The first-order valence-corrected chi connectivity index (χ1v) is 8.37. The molecule has 0 spiro atoms. The molecule has 1 amide bonds. The molecule has 2 nitrogen and oxygen atoms in total. The smallest absolute Gasteiger partial charge is 0.233 e. The third-order valence-corrected chi connectivity index (χ3v) is 5.68. The van der Waals surface area contributed by atoms with E-state index in [0.29, 0.717) is 17.8 Å². The van der Waals surface area contributed by atoms with E-state index in [2.05, 4.69) is 5.32 Å². The van der Waals surface area contributed by atoms with Crippen LogP contribution in [0.3, 0.4) is 0 Å². The number of alkyl halides is 1. The van der Waals surface area contributed by atoms with E-state index < -0.39 is 0 Å². The molecule has 98 valence electrons. The molecule has 2 fully saturated rings. The number of hydrogen-bond donors (Lipinski definition) is 1. The average molecular weight is 276 g/mol. The summed E-state index contributed by atoms with van der Waals surface area (Å²) >= 11 is 7.81. The van der Waals surface area contributed by atoms with Gasteiger partial charge in [-0.05, 0) is 37.4 Å². The zero-order valence-corrected chi connectivity index (χ0v) is 11.9. The van der Waals surface area contributed by atoms with Gasteiger partial charge < -0.3 is 5.32 Å². The number of carbonyl (C=O) groups excluding carboxylic acids is 1. The van der Waals surface area contributed by atoms with Crippen molar-refractivity contribution in [2.75, 3.05) is 11.6 Å². The van der Waals surface area contributed by atoms with E-state index in [0.717, 1.165) is 18.6 Å². The summed E-state index contributed by atoms with van der Waals surface area (Å²) in [6.45, 7) is 0. The lowest BCUT2D eigenvalue weighted by atomic mass is 9.85. The maximum absolute atomic E-state index is 12.2. The summed E-state index contributed by atoms with van der Waals surface area (Å²) in [6, 6.07) is 0.330. The third-order valence-electron chi connectivity index (χ3n) is 3.91. The van der Waals surface area contributed by atoms with Gasteiger partial charge in [-0.3, -0.25) is 4.79 Å². The van der Waals surface area contributed by atoms with Gasteiger partial charge in [0.05, 0.1) is 5.25 Å². The fourth-order valence-corrected chi connectivity index (χ4v) is 4.38. The largest absolute Gasteiger partial charge is 0.352 e. The van der Waals surface area contributed by atoms with Gasteiger partial charge in [0, 0.05) is 11.9 Å². The molecule has 1 aliphatic carbocycles. The van der Waals surface area contributed by atoms with Crippen LogP contribution in [0, 0.1) is 5.92 Å². The van der Waals surface area contributed by atoms with E-state index in [1.54, 1.807) is 0 Å². The van der Waals surface area contributed by atoms with Crippen LogP contribution in [0.1, 0.15) is 44.9 Å². The maximum Gasteiger partial charge on any atom is 0.233 e. The van der Waals surface area contributed by atoms with Crippen LogP contribution in [-0.4, -0.2) is 28.8 Å². The minimum atomic E-state index is 0.196. The highest BCUT2D eigenvalue weighted by Gasteiger charge is 2.29. The van der Waals surface area contributed by atoms with Crippen molar-refractivity contribution >= 4 is 29.3 Å². The second-order valence-corrected chi connectivity index (χ2v) is 6.79. The van der Waals surface area contributed by atoms with Gasteiger partial charge in [0.1, 0.15) is 0 Å². The fourth-order valence-electron chi connectivity index (χ4n) is 2.81. The van der Waals surface area contributed by atoms with Crippen molar-refractivity contribution in [3.8, 4) is 0 Å². The molecule has 0 aromatic carbocycles. The Morgan fingerprint density at radius 2 is 1.94 bits per heavy atom. The predicted molar refractivity (Wildman–Crippen MR) is 74.7 cm³/mol. The summed E-state index contributed by atoms with van der Waals surface area (Å²) in [5.74, 6) is 2.57. The summed E-state index contributed by atoms with van der Waals surface area (Å²) in [6.07, 6.45) is 8.30. The Bertz CT molecular complexity index is 256. The van der Waals surface area contributed by atoms with Gasteiger partial charge in [-0.15, -0.1) is 23.4 Å². The molecule has 0 aromatic rings. The lowest BCUT2D eigenvalue weighted by molar-refractivity contribution is -0.122. The number of nitrogens with one attached hydrogen (secondary N) is 1. The first-order valence-electron chi connectivity index (χ1n) is 6.79. The molecule has 1 saturated heterocycles. The summed E-state index contributed by atoms with van der Waals surface area (Å²) in [5, 5.41) is 3.44.